The van der Waals surface area contributed by atoms with Gasteiger partial charge in [-0.2, -0.15) is 0 Å². The third-order valence-corrected chi connectivity index (χ3v) is 4.47. The SMILES string of the molecule is CC1=C(N=Nc2c(O)cccc2O)C(=O)C(c2ccccc2)C1C. The van der Waals surface area contributed by atoms with Crippen molar-refractivity contribution in [2.24, 2.45) is 16.1 Å². The van der Waals surface area contributed by atoms with Gasteiger partial charge in [-0.25, -0.2) is 0 Å². The molecule has 1 aliphatic carbocycles. The average molecular weight is 322 g/mol. The number of phenols is 2. The number of nitrogens with zero attached hydrogens (tertiary/aromatic N) is 2. The van der Waals surface area contributed by atoms with Crippen molar-refractivity contribution in [2.75, 3.05) is 0 Å². The lowest BCUT2D eigenvalue weighted by atomic mass is 9.87. The van der Waals surface area contributed by atoms with E-state index in [-0.39, 0.29) is 34.8 Å². The van der Waals surface area contributed by atoms with Crippen molar-refractivity contribution < 1.29 is 15.0 Å². The van der Waals surface area contributed by atoms with Crippen LogP contribution in [0, 0.1) is 5.92 Å². The first kappa shape index (κ1) is 15.9. The number of rotatable bonds is 3. The standard InChI is InChI=1S/C19H18N2O3/c1-11-12(2)17(19(24)16(11)13-7-4-3-5-8-13)20-21-18-14(22)9-6-10-15(18)23/h3-11,16,22-23H,1-2H3. The normalized spacial score (nSPS) is 21.0. The van der Waals surface area contributed by atoms with Gasteiger partial charge in [-0.1, -0.05) is 43.3 Å². The van der Waals surface area contributed by atoms with Crippen LogP contribution in [0.25, 0.3) is 0 Å². The molecular formula is C19H18N2O3. The highest BCUT2D eigenvalue weighted by Gasteiger charge is 2.38. The smallest absolute Gasteiger partial charge is 0.191 e. The number of carbonyl (C=O) groups is 1. The van der Waals surface area contributed by atoms with E-state index in [0.29, 0.717) is 5.70 Å². The van der Waals surface area contributed by atoms with Gasteiger partial charge in [0, 0.05) is 0 Å². The van der Waals surface area contributed by atoms with Crippen LogP contribution >= 0.6 is 0 Å². The number of carbonyl (C=O) groups excluding carboxylic acids is 1. The van der Waals surface area contributed by atoms with Crippen LogP contribution in [0.3, 0.4) is 0 Å². The number of benzene rings is 2. The van der Waals surface area contributed by atoms with E-state index >= 15 is 0 Å². The maximum Gasteiger partial charge on any atom is 0.191 e. The molecule has 122 valence electrons. The zero-order valence-electron chi connectivity index (χ0n) is 13.5. The lowest BCUT2D eigenvalue weighted by molar-refractivity contribution is -0.116. The van der Waals surface area contributed by atoms with Crippen LogP contribution < -0.4 is 0 Å². The molecule has 2 aromatic rings. The first-order valence-corrected chi connectivity index (χ1v) is 7.73. The maximum atomic E-state index is 12.8. The lowest BCUT2D eigenvalue weighted by Gasteiger charge is -2.15. The van der Waals surface area contributed by atoms with Crippen LogP contribution in [0.15, 0.2) is 70.0 Å². The summed E-state index contributed by atoms with van der Waals surface area (Å²) in [6.07, 6.45) is 0. The molecule has 3 rings (SSSR count). The van der Waals surface area contributed by atoms with E-state index in [1.165, 1.54) is 18.2 Å². The molecule has 0 radical (unpaired) electrons. The molecule has 0 heterocycles. The van der Waals surface area contributed by atoms with Crippen LogP contribution in [0.1, 0.15) is 25.3 Å². The van der Waals surface area contributed by atoms with E-state index in [1.54, 1.807) is 0 Å². The van der Waals surface area contributed by atoms with E-state index in [4.69, 9.17) is 0 Å². The van der Waals surface area contributed by atoms with Crippen LogP contribution in [-0.2, 0) is 4.79 Å². The predicted octanol–water partition coefficient (Wildman–Crippen LogP) is 4.46. The van der Waals surface area contributed by atoms with Crippen LogP contribution in [0.5, 0.6) is 11.5 Å². The van der Waals surface area contributed by atoms with Gasteiger partial charge in [-0.05, 0) is 36.1 Å². The molecule has 2 N–H and O–H groups in total. The first-order valence-electron chi connectivity index (χ1n) is 7.73. The highest BCUT2D eigenvalue weighted by Crippen LogP contribution is 2.42. The van der Waals surface area contributed by atoms with Crippen LogP contribution in [0.2, 0.25) is 0 Å². The third-order valence-electron chi connectivity index (χ3n) is 4.47. The first-order chi connectivity index (χ1) is 11.5. The molecule has 0 amide bonds. The minimum atomic E-state index is -0.280. The number of allylic oxidation sites excluding steroid dienone is 2. The molecule has 0 aromatic heterocycles. The number of hydrogen-bond donors (Lipinski definition) is 2. The number of azo groups is 1. The fourth-order valence-electron chi connectivity index (χ4n) is 2.98. The van der Waals surface area contributed by atoms with Gasteiger partial charge < -0.3 is 10.2 Å². The summed E-state index contributed by atoms with van der Waals surface area (Å²) in [6, 6.07) is 13.9. The summed E-state index contributed by atoms with van der Waals surface area (Å²) in [4.78, 5) is 12.8. The molecular weight excluding hydrogens is 304 g/mol. The van der Waals surface area contributed by atoms with Gasteiger partial charge in [0.05, 0.1) is 5.92 Å². The Hall–Kier alpha value is -2.95. The second-order valence-electron chi connectivity index (χ2n) is 5.92. The van der Waals surface area contributed by atoms with Crippen molar-refractivity contribution >= 4 is 11.5 Å². The lowest BCUT2D eigenvalue weighted by Crippen LogP contribution is -2.13. The fraction of sp³-hybridized carbons (Fsp3) is 0.211. The van der Waals surface area contributed by atoms with Gasteiger partial charge in [0.25, 0.3) is 0 Å². The number of ketones is 1. The second-order valence-corrected chi connectivity index (χ2v) is 5.92. The van der Waals surface area contributed by atoms with E-state index in [0.717, 1.165) is 11.1 Å². The molecule has 2 unspecified atom stereocenters. The minimum Gasteiger partial charge on any atom is -0.505 e. The Bertz CT molecular complexity index is 821. The fourth-order valence-corrected chi connectivity index (χ4v) is 2.98. The Morgan fingerprint density at radius 2 is 1.54 bits per heavy atom. The minimum absolute atomic E-state index is 0.0202. The van der Waals surface area contributed by atoms with E-state index in [1.807, 2.05) is 44.2 Å². The Balaban J connectivity index is 1.94. The molecule has 1 aliphatic rings. The van der Waals surface area contributed by atoms with Gasteiger partial charge in [-0.3, -0.25) is 4.79 Å². The van der Waals surface area contributed by atoms with Crippen LogP contribution in [0.4, 0.5) is 5.69 Å². The molecule has 2 atom stereocenters. The Morgan fingerprint density at radius 1 is 0.917 bits per heavy atom. The number of Topliss-reactive ketones (excluding diaryl/α,β-unsaturated/α-hetero) is 1. The molecule has 0 bridgehead atoms. The molecule has 0 fully saturated rings. The summed E-state index contributed by atoms with van der Waals surface area (Å²) in [5.41, 5.74) is 2.05. The van der Waals surface area contributed by atoms with E-state index < -0.39 is 0 Å². The average Bonchev–Trinajstić information content (AvgIpc) is 2.78. The molecule has 24 heavy (non-hydrogen) atoms. The van der Waals surface area contributed by atoms with E-state index in [9.17, 15) is 15.0 Å². The molecule has 0 saturated carbocycles. The quantitative estimate of drug-likeness (QED) is 0.819. The summed E-state index contributed by atoms with van der Waals surface area (Å²) in [5, 5.41) is 27.5. The Kier molecular flexibility index (Phi) is 4.16. The number of aromatic hydroxyl groups is 2. The predicted molar refractivity (Wildman–Crippen MR) is 90.3 cm³/mol. The van der Waals surface area contributed by atoms with Crippen molar-refractivity contribution in [3.05, 3.63) is 65.4 Å². The largest absolute Gasteiger partial charge is 0.505 e. The monoisotopic (exact) mass is 322 g/mol. The third kappa shape index (κ3) is 2.69. The van der Waals surface area contributed by atoms with Gasteiger partial charge >= 0.3 is 0 Å². The Labute approximate surface area is 140 Å². The zero-order chi connectivity index (χ0) is 17.3. The van der Waals surface area contributed by atoms with Gasteiger partial charge in [0.2, 0.25) is 0 Å². The van der Waals surface area contributed by atoms with Crippen molar-refractivity contribution in [1.29, 1.82) is 0 Å². The molecule has 0 spiro atoms. The highest BCUT2D eigenvalue weighted by atomic mass is 16.3. The highest BCUT2D eigenvalue weighted by molar-refractivity contribution is 6.03. The van der Waals surface area contributed by atoms with Crippen molar-refractivity contribution in [1.82, 2.24) is 0 Å². The number of phenolic OH excluding ortho intramolecular Hbond substituents is 2. The molecule has 0 saturated heterocycles. The molecule has 5 nitrogen and oxygen atoms in total. The Morgan fingerprint density at radius 3 is 2.17 bits per heavy atom. The summed E-state index contributed by atoms with van der Waals surface area (Å²) in [5.74, 6) is -0.722. The second kappa shape index (κ2) is 6.28. The van der Waals surface area contributed by atoms with Crippen LogP contribution in [-0.4, -0.2) is 16.0 Å². The summed E-state index contributed by atoms with van der Waals surface area (Å²) in [7, 11) is 0. The van der Waals surface area contributed by atoms with Crippen molar-refractivity contribution in [2.45, 2.75) is 19.8 Å². The number of hydrogen-bond acceptors (Lipinski definition) is 5. The summed E-state index contributed by atoms with van der Waals surface area (Å²) < 4.78 is 0. The van der Waals surface area contributed by atoms with Gasteiger partial charge in [0.15, 0.2) is 11.5 Å². The van der Waals surface area contributed by atoms with Gasteiger partial charge in [-0.15, -0.1) is 10.2 Å². The molecule has 2 aromatic carbocycles. The van der Waals surface area contributed by atoms with Crippen molar-refractivity contribution in [3.8, 4) is 11.5 Å². The maximum absolute atomic E-state index is 12.8. The summed E-state index contributed by atoms with van der Waals surface area (Å²) in [6.45, 7) is 3.86. The summed E-state index contributed by atoms with van der Waals surface area (Å²) >= 11 is 0. The van der Waals surface area contributed by atoms with Gasteiger partial charge in [0.1, 0.15) is 17.2 Å². The zero-order valence-corrected chi connectivity index (χ0v) is 13.5. The molecule has 0 aliphatic heterocycles. The molecule has 5 heteroatoms. The topological polar surface area (TPSA) is 82.2 Å². The van der Waals surface area contributed by atoms with Crippen molar-refractivity contribution in [3.63, 3.8) is 0 Å². The van der Waals surface area contributed by atoms with E-state index in [2.05, 4.69) is 10.2 Å².